The normalized spacial score (nSPS) is 11.6. The molecule has 0 aliphatic heterocycles. The van der Waals surface area contributed by atoms with Crippen molar-refractivity contribution in [3.05, 3.63) is 206 Å². The van der Waals surface area contributed by atoms with Gasteiger partial charge in [-0.3, -0.25) is 0 Å². The minimum Gasteiger partial charge on any atom is -0.310 e. The lowest BCUT2D eigenvalue weighted by molar-refractivity contribution is 1.18. The molecule has 0 saturated heterocycles. The van der Waals surface area contributed by atoms with Crippen molar-refractivity contribution in [3.8, 4) is 27.9 Å². The Morgan fingerprint density at radius 2 is 0.982 bits per heavy atom. The summed E-state index contributed by atoms with van der Waals surface area (Å²) >= 11 is 1.86. The van der Waals surface area contributed by atoms with Gasteiger partial charge in [0.2, 0.25) is 0 Å². The van der Waals surface area contributed by atoms with Gasteiger partial charge in [-0.1, -0.05) is 140 Å². The number of rotatable bonds is 6. The zero-order valence-corrected chi connectivity index (χ0v) is 30.7. The number of anilines is 3. The summed E-state index contributed by atoms with van der Waals surface area (Å²) in [6, 6.07) is 75.2. The predicted molar refractivity (Wildman–Crippen MR) is 237 cm³/mol. The topological polar surface area (TPSA) is 8.17 Å². The standard InChI is InChI=1S/C52H34N2S/c1-2-13-40(14-3-1)54-49-19-8-6-15-45(49)48-18-10-17-44(52(48)54)37-25-29-42(30-26-37)53(43-31-32-47-46-16-7-9-20-50(46)55-51(47)34-43)41-27-23-36(24-28-41)39-22-21-35-11-4-5-12-38(35)33-39/h1-34H. The van der Waals surface area contributed by atoms with Crippen molar-refractivity contribution in [2.45, 2.75) is 0 Å². The van der Waals surface area contributed by atoms with Crippen molar-refractivity contribution >= 4 is 81.1 Å². The van der Waals surface area contributed by atoms with Crippen molar-refractivity contribution in [1.82, 2.24) is 4.57 Å². The Kier molecular flexibility index (Phi) is 7.39. The second-order valence-corrected chi connectivity index (χ2v) is 15.2. The molecule has 0 unspecified atom stereocenters. The fraction of sp³-hybridized carbons (Fsp3) is 0. The molecule has 0 fully saturated rings. The van der Waals surface area contributed by atoms with E-state index in [1.165, 1.54) is 75.0 Å². The average molecular weight is 719 g/mol. The van der Waals surface area contributed by atoms with Crippen LogP contribution in [0, 0.1) is 0 Å². The highest BCUT2D eigenvalue weighted by atomic mass is 32.1. The van der Waals surface area contributed by atoms with Crippen LogP contribution in [-0.4, -0.2) is 4.57 Å². The van der Waals surface area contributed by atoms with Crippen LogP contribution in [0.3, 0.4) is 0 Å². The lowest BCUT2D eigenvalue weighted by Crippen LogP contribution is -2.09. The van der Waals surface area contributed by atoms with Crippen molar-refractivity contribution in [3.63, 3.8) is 0 Å². The van der Waals surface area contributed by atoms with E-state index >= 15 is 0 Å². The van der Waals surface area contributed by atoms with Gasteiger partial charge in [0.1, 0.15) is 0 Å². The molecule has 2 nitrogen and oxygen atoms in total. The number of aromatic nitrogens is 1. The molecule has 0 N–H and O–H groups in total. The second-order valence-electron chi connectivity index (χ2n) is 14.2. The summed E-state index contributed by atoms with van der Waals surface area (Å²) in [5.41, 5.74) is 11.8. The van der Waals surface area contributed by atoms with Crippen molar-refractivity contribution in [2.75, 3.05) is 4.90 Å². The quantitative estimate of drug-likeness (QED) is 0.166. The molecule has 0 radical (unpaired) electrons. The number of hydrogen-bond donors (Lipinski definition) is 0. The summed E-state index contributed by atoms with van der Waals surface area (Å²) in [4.78, 5) is 2.39. The Morgan fingerprint density at radius 3 is 1.80 bits per heavy atom. The van der Waals surface area contributed by atoms with E-state index in [4.69, 9.17) is 0 Å². The third kappa shape index (κ3) is 5.32. The molecule has 0 spiro atoms. The van der Waals surface area contributed by atoms with Crippen LogP contribution in [0.15, 0.2) is 206 Å². The first-order valence-corrected chi connectivity index (χ1v) is 19.6. The monoisotopic (exact) mass is 718 g/mol. The zero-order valence-electron chi connectivity index (χ0n) is 29.9. The van der Waals surface area contributed by atoms with Gasteiger partial charge < -0.3 is 9.47 Å². The number of hydrogen-bond acceptors (Lipinski definition) is 2. The Hall–Kier alpha value is -6.94. The van der Waals surface area contributed by atoms with Gasteiger partial charge in [-0.25, -0.2) is 0 Å². The fourth-order valence-electron chi connectivity index (χ4n) is 8.36. The predicted octanol–water partition coefficient (Wildman–Crippen LogP) is 15.1. The molecule has 0 saturated carbocycles. The molecule has 0 bridgehead atoms. The maximum Gasteiger partial charge on any atom is 0.0619 e. The number of benzene rings is 9. The number of nitrogens with zero attached hydrogens (tertiary/aromatic N) is 2. The molecule has 0 aliphatic rings. The van der Waals surface area contributed by atoms with Crippen molar-refractivity contribution in [1.29, 1.82) is 0 Å². The van der Waals surface area contributed by atoms with Gasteiger partial charge in [-0.15, -0.1) is 11.3 Å². The van der Waals surface area contributed by atoms with Gasteiger partial charge in [-0.2, -0.15) is 0 Å². The lowest BCUT2D eigenvalue weighted by Gasteiger charge is -2.26. The van der Waals surface area contributed by atoms with Gasteiger partial charge in [0.15, 0.2) is 0 Å². The maximum atomic E-state index is 2.41. The molecule has 3 heteroatoms. The van der Waals surface area contributed by atoms with E-state index in [0.717, 1.165) is 22.7 Å². The molecule has 55 heavy (non-hydrogen) atoms. The Labute approximate surface area is 323 Å². The van der Waals surface area contributed by atoms with E-state index in [0.29, 0.717) is 0 Å². The highest BCUT2D eigenvalue weighted by Crippen LogP contribution is 2.43. The zero-order chi connectivity index (χ0) is 36.3. The van der Waals surface area contributed by atoms with Crippen LogP contribution >= 0.6 is 11.3 Å². The Morgan fingerprint density at radius 1 is 0.364 bits per heavy atom. The van der Waals surface area contributed by atoms with Crippen LogP contribution in [0.1, 0.15) is 0 Å². The molecular weight excluding hydrogens is 685 g/mol. The molecule has 11 aromatic rings. The first-order chi connectivity index (χ1) is 27.3. The van der Waals surface area contributed by atoms with E-state index in [9.17, 15) is 0 Å². The van der Waals surface area contributed by atoms with Crippen LogP contribution in [-0.2, 0) is 0 Å². The fourth-order valence-corrected chi connectivity index (χ4v) is 9.50. The van der Waals surface area contributed by atoms with E-state index in [1.54, 1.807) is 0 Å². The number of fused-ring (bicyclic) bond motifs is 7. The third-order valence-corrected chi connectivity index (χ3v) is 12.1. The average Bonchev–Trinajstić information content (AvgIpc) is 3.80. The van der Waals surface area contributed by atoms with E-state index in [1.807, 2.05) is 11.3 Å². The minimum atomic E-state index is 1.11. The minimum absolute atomic E-state index is 1.11. The number of thiophene rings is 1. The van der Waals surface area contributed by atoms with E-state index < -0.39 is 0 Å². The largest absolute Gasteiger partial charge is 0.310 e. The van der Waals surface area contributed by atoms with Crippen LogP contribution in [0.4, 0.5) is 17.1 Å². The molecule has 2 heterocycles. The van der Waals surface area contributed by atoms with Crippen LogP contribution < -0.4 is 4.90 Å². The Balaban J connectivity index is 1.04. The molecule has 0 aliphatic carbocycles. The summed E-state index contributed by atoms with van der Waals surface area (Å²) in [7, 11) is 0. The molecular formula is C52H34N2S. The van der Waals surface area contributed by atoms with Gasteiger partial charge in [0.25, 0.3) is 0 Å². The van der Waals surface area contributed by atoms with E-state index in [2.05, 4.69) is 216 Å². The first kappa shape index (κ1) is 31.6. The highest BCUT2D eigenvalue weighted by Gasteiger charge is 2.18. The van der Waals surface area contributed by atoms with Crippen LogP contribution in [0.25, 0.3) is 80.7 Å². The molecule has 258 valence electrons. The molecule has 2 aromatic heterocycles. The van der Waals surface area contributed by atoms with Gasteiger partial charge in [0.05, 0.1) is 11.0 Å². The molecule has 11 rings (SSSR count). The molecule has 0 atom stereocenters. The SMILES string of the molecule is c1ccc(-n2c3ccccc3c3cccc(-c4ccc(N(c5ccc(-c6ccc7ccccc7c6)cc5)c5ccc6c(c5)sc5ccccc56)cc4)c32)cc1. The maximum absolute atomic E-state index is 2.41. The van der Waals surface area contributed by atoms with Crippen LogP contribution in [0.2, 0.25) is 0 Å². The third-order valence-electron chi connectivity index (χ3n) is 11.0. The lowest BCUT2D eigenvalue weighted by atomic mass is 10.00. The summed E-state index contributed by atoms with van der Waals surface area (Å²) in [5, 5.41) is 7.63. The smallest absolute Gasteiger partial charge is 0.0619 e. The Bertz CT molecular complexity index is 3190. The molecule has 0 amide bonds. The summed E-state index contributed by atoms with van der Waals surface area (Å²) in [6.45, 7) is 0. The second kappa shape index (κ2) is 12.9. The highest BCUT2D eigenvalue weighted by molar-refractivity contribution is 7.25. The summed E-state index contributed by atoms with van der Waals surface area (Å²) in [6.07, 6.45) is 0. The van der Waals surface area contributed by atoms with Gasteiger partial charge in [-0.05, 0) is 94.2 Å². The first-order valence-electron chi connectivity index (χ1n) is 18.8. The van der Waals surface area contributed by atoms with Crippen LogP contribution in [0.5, 0.6) is 0 Å². The molecule has 9 aromatic carbocycles. The van der Waals surface area contributed by atoms with Crippen molar-refractivity contribution in [2.24, 2.45) is 0 Å². The van der Waals surface area contributed by atoms with Gasteiger partial charge >= 0.3 is 0 Å². The van der Waals surface area contributed by atoms with E-state index in [-0.39, 0.29) is 0 Å². The summed E-state index contributed by atoms with van der Waals surface area (Å²) < 4.78 is 5.01. The van der Waals surface area contributed by atoms with Crippen molar-refractivity contribution < 1.29 is 0 Å². The number of para-hydroxylation sites is 3. The summed E-state index contributed by atoms with van der Waals surface area (Å²) in [5.74, 6) is 0. The van der Waals surface area contributed by atoms with Gasteiger partial charge in [0, 0.05) is 59.3 Å².